The van der Waals surface area contributed by atoms with Crippen LogP contribution < -0.4 is 4.90 Å². The first-order valence-electron chi connectivity index (χ1n) is 8.36. The number of benzene rings is 2. The van der Waals surface area contributed by atoms with Crippen LogP contribution in [-0.2, 0) is 11.2 Å². The van der Waals surface area contributed by atoms with Crippen LogP contribution in [0.4, 0.5) is 5.69 Å². The summed E-state index contributed by atoms with van der Waals surface area (Å²) in [6.07, 6.45) is 3.56. The number of aliphatic carboxylic acids is 1. The lowest BCUT2D eigenvalue weighted by atomic mass is 10.0. The van der Waals surface area contributed by atoms with Gasteiger partial charge < -0.3 is 10.0 Å². The summed E-state index contributed by atoms with van der Waals surface area (Å²) in [5, 5.41) is 9.73. The maximum absolute atomic E-state index is 11.8. The van der Waals surface area contributed by atoms with Gasteiger partial charge in [0.1, 0.15) is 6.04 Å². The minimum absolute atomic E-state index is 0.474. The summed E-state index contributed by atoms with van der Waals surface area (Å²) in [6.45, 7) is 2.73. The Labute approximate surface area is 147 Å². The van der Waals surface area contributed by atoms with E-state index in [-0.39, 0.29) is 0 Å². The maximum atomic E-state index is 11.8. The first-order valence-corrected chi connectivity index (χ1v) is 9.75. The molecule has 0 heterocycles. The van der Waals surface area contributed by atoms with E-state index in [0.717, 1.165) is 17.9 Å². The summed E-state index contributed by atoms with van der Waals surface area (Å²) in [7, 11) is 0. The second-order valence-electron chi connectivity index (χ2n) is 6.06. The zero-order valence-corrected chi connectivity index (χ0v) is 15.0. The van der Waals surface area contributed by atoms with E-state index in [1.165, 1.54) is 22.3 Å². The number of rotatable bonds is 7. The van der Waals surface area contributed by atoms with E-state index in [9.17, 15) is 9.90 Å². The monoisotopic (exact) mass is 341 g/mol. The number of carboxylic acids is 1. The lowest BCUT2D eigenvalue weighted by Gasteiger charge is -2.31. The molecule has 126 valence electrons. The number of hydrogen-bond donors (Lipinski definition) is 1. The highest BCUT2D eigenvalue weighted by Crippen LogP contribution is 2.41. The van der Waals surface area contributed by atoms with E-state index >= 15 is 0 Å². The molecule has 3 nitrogen and oxygen atoms in total. The first-order chi connectivity index (χ1) is 11.7. The molecule has 0 bridgehead atoms. The molecule has 1 atom stereocenters. The van der Waals surface area contributed by atoms with Gasteiger partial charge in [-0.25, -0.2) is 4.79 Å². The highest BCUT2D eigenvalue weighted by Gasteiger charge is 2.29. The predicted molar refractivity (Wildman–Crippen MR) is 102 cm³/mol. The van der Waals surface area contributed by atoms with Crippen LogP contribution in [0.5, 0.6) is 0 Å². The molecule has 0 saturated heterocycles. The van der Waals surface area contributed by atoms with Crippen LogP contribution in [0.15, 0.2) is 42.5 Å². The molecule has 0 radical (unpaired) electrons. The summed E-state index contributed by atoms with van der Waals surface area (Å²) in [5.74, 6) is 0.113. The number of nitrogens with zero attached hydrogens (tertiary/aromatic N) is 1. The van der Waals surface area contributed by atoms with Gasteiger partial charge in [-0.05, 0) is 53.7 Å². The summed E-state index contributed by atoms with van der Waals surface area (Å²) in [6, 6.07) is 14.3. The zero-order valence-electron chi connectivity index (χ0n) is 14.2. The molecule has 2 aromatic rings. The minimum Gasteiger partial charge on any atom is -0.480 e. The van der Waals surface area contributed by atoms with Gasteiger partial charge in [-0.1, -0.05) is 36.4 Å². The SMILES string of the molecule is CCN(c1cccc2c1Cc1ccccc1-2)[C@@H](CCSC)C(=O)O. The van der Waals surface area contributed by atoms with Crippen LogP contribution in [0.3, 0.4) is 0 Å². The second kappa shape index (κ2) is 7.31. The summed E-state index contributed by atoms with van der Waals surface area (Å²) < 4.78 is 0. The van der Waals surface area contributed by atoms with E-state index < -0.39 is 12.0 Å². The molecule has 1 N–H and O–H groups in total. The summed E-state index contributed by atoms with van der Waals surface area (Å²) >= 11 is 1.70. The third kappa shape index (κ3) is 3.03. The Kier molecular flexibility index (Phi) is 5.14. The topological polar surface area (TPSA) is 40.5 Å². The third-order valence-electron chi connectivity index (χ3n) is 4.73. The molecule has 0 spiro atoms. The fourth-order valence-corrected chi connectivity index (χ4v) is 4.07. The van der Waals surface area contributed by atoms with E-state index in [1.54, 1.807) is 11.8 Å². The molecular formula is C20H23NO2S. The Morgan fingerprint density at radius 1 is 1.21 bits per heavy atom. The van der Waals surface area contributed by atoms with Gasteiger partial charge in [0.05, 0.1) is 0 Å². The molecule has 4 heteroatoms. The van der Waals surface area contributed by atoms with E-state index in [4.69, 9.17) is 0 Å². The Bertz CT molecular complexity index is 744. The summed E-state index contributed by atoms with van der Waals surface area (Å²) in [4.78, 5) is 13.9. The highest BCUT2D eigenvalue weighted by molar-refractivity contribution is 7.98. The van der Waals surface area contributed by atoms with Gasteiger partial charge in [0, 0.05) is 18.7 Å². The van der Waals surface area contributed by atoms with Crippen molar-refractivity contribution in [2.24, 2.45) is 0 Å². The smallest absolute Gasteiger partial charge is 0.326 e. The first kappa shape index (κ1) is 16.9. The zero-order chi connectivity index (χ0) is 17.1. The van der Waals surface area contributed by atoms with Gasteiger partial charge in [0.25, 0.3) is 0 Å². The maximum Gasteiger partial charge on any atom is 0.326 e. The fourth-order valence-electron chi connectivity index (χ4n) is 3.61. The van der Waals surface area contributed by atoms with Crippen LogP contribution >= 0.6 is 11.8 Å². The molecule has 2 aromatic carbocycles. The van der Waals surface area contributed by atoms with Crippen molar-refractivity contribution in [3.05, 3.63) is 53.6 Å². The van der Waals surface area contributed by atoms with Crippen LogP contribution in [0.25, 0.3) is 11.1 Å². The van der Waals surface area contributed by atoms with Gasteiger partial charge in [-0.3, -0.25) is 0 Å². The molecule has 0 fully saturated rings. The molecule has 0 aliphatic heterocycles. The Balaban J connectivity index is 2.01. The lowest BCUT2D eigenvalue weighted by Crippen LogP contribution is -2.42. The Morgan fingerprint density at radius 3 is 2.67 bits per heavy atom. The quantitative estimate of drug-likeness (QED) is 0.696. The molecule has 0 amide bonds. The number of fused-ring (bicyclic) bond motifs is 3. The lowest BCUT2D eigenvalue weighted by molar-refractivity contribution is -0.138. The molecule has 24 heavy (non-hydrogen) atoms. The minimum atomic E-state index is -0.737. The average molecular weight is 341 g/mol. The predicted octanol–water partition coefficient (Wildman–Crippen LogP) is 4.29. The van der Waals surface area contributed by atoms with Crippen LogP contribution in [0.2, 0.25) is 0 Å². The van der Waals surface area contributed by atoms with E-state index in [1.807, 2.05) is 19.2 Å². The number of carboxylic acid groups (broad SMARTS) is 1. The standard InChI is InChI=1S/C20H23NO2S/c1-3-21(19(20(22)23)11-12-24-2)18-10-6-9-16-15-8-5-4-7-14(15)13-17(16)18/h4-10,19H,3,11-13H2,1-2H3,(H,22,23)/t19-/m0/s1. The van der Waals surface area contributed by atoms with Crippen LogP contribution in [0, 0.1) is 0 Å². The van der Waals surface area contributed by atoms with E-state index in [2.05, 4.69) is 41.3 Å². The summed E-state index contributed by atoms with van der Waals surface area (Å²) in [5.41, 5.74) is 6.18. The Morgan fingerprint density at radius 2 is 1.96 bits per heavy atom. The van der Waals surface area contributed by atoms with E-state index in [0.29, 0.717) is 13.0 Å². The average Bonchev–Trinajstić information content (AvgIpc) is 2.97. The number of carbonyl (C=O) groups is 1. The number of anilines is 1. The van der Waals surface area contributed by atoms with Gasteiger partial charge >= 0.3 is 5.97 Å². The van der Waals surface area contributed by atoms with Crippen molar-refractivity contribution in [2.75, 3.05) is 23.5 Å². The van der Waals surface area contributed by atoms with Crippen molar-refractivity contribution in [3.63, 3.8) is 0 Å². The largest absolute Gasteiger partial charge is 0.480 e. The molecule has 0 saturated carbocycles. The van der Waals surface area contributed by atoms with Gasteiger partial charge in [-0.2, -0.15) is 11.8 Å². The van der Waals surface area contributed by atoms with Crippen molar-refractivity contribution >= 4 is 23.4 Å². The van der Waals surface area contributed by atoms with Crippen molar-refractivity contribution in [1.82, 2.24) is 0 Å². The van der Waals surface area contributed by atoms with Crippen molar-refractivity contribution < 1.29 is 9.90 Å². The molecule has 0 unspecified atom stereocenters. The highest BCUT2D eigenvalue weighted by atomic mass is 32.2. The second-order valence-corrected chi connectivity index (χ2v) is 7.04. The molecule has 0 aromatic heterocycles. The van der Waals surface area contributed by atoms with Gasteiger partial charge in [0.15, 0.2) is 0 Å². The molecule has 3 rings (SSSR count). The third-order valence-corrected chi connectivity index (χ3v) is 5.38. The number of hydrogen-bond acceptors (Lipinski definition) is 3. The molecule has 1 aliphatic rings. The van der Waals surface area contributed by atoms with Gasteiger partial charge in [-0.15, -0.1) is 0 Å². The molecular weight excluding hydrogens is 318 g/mol. The van der Waals surface area contributed by atoms with Crippen LogP contribution in [0.1, 0.15) is 24.5 Å². The van der Waals surface area contributed by atoms with Crippen LogP contribution in [-0.4, -0.2) is 35.7 Å². The normalized spacial score (nSPS) is 13.2. The fraction of sp³-hybridized carbons (Fsp3) is 0.350. The Hall–Kier alpha value is -1.94. The number of likely N-dealkylation sites (N-methyl/N-ethyl adjacent to an activating group) is 1. The van der Waals surface area contributed by atoms with Crippen molar-refractivity contribution in [2.45, 2.75) is 25.8 Å². The molecule has 1 aliphatic carbocycles. The van der Waals surface area contributed by atoms with Crippen molar-refractivity contribution in [1.29, 1.82) is 0 Å². The van der Waals surface area contributed by atoms with Crippen molar-refractivity contribution in [3.8, 4) is 11.1 Å². The van der Waals surface area contributed by atoms with Gasteiger partial charge in [0.2, 0.25) is 0 Å². The number of thioether (sulfide) groups is 1.